The van der Waals surface area contributed by atoms with Crippen LogP contribution < -0.4 is 0 Å². The highest BCUT2D eigenvalue weighted by atomic mass is 16.4. The van der Waals surface area contributed by atoms with E-state index in [9.17, 15) is 14.7 Å². The Morgan fingerprint density at radius 3 is 2.69 bits per heavy atom. The maximum atomic E-state index is 14.4. The van der Waals surface area contributed by atoms with Crippen LogP contribution in [0.2, 0.25) is 0 Å². The van der Waals surface area contributed by atoms with E-state index in [1.165, 1.54) is 17.6 Å². The normalized spacial score (nSPS) is 54.5. The maximum Gasteiger partial charge on any atom is 0.307 e. The van der Waals surface area contributed by atoms with Crippen LogP contribution in [0.15, 0.2) is 11.1 Å². The van der Waals surface area contributed by atoms with Gasteiger partial charge in [0.2, 0.25) is 0 Å². The van der Waals surface area contributed by atoms with Crippen LogP contribution in [0.4, 0.5) is 0 Å². The number of hydrogen-bond acceptors (Lipinski definition) is 3. The van der Waals surface area contributed by atoms with Crippen molar-refractivity contribution >= 4 is 11.8 Å². The summed E-state index contributed by atoms with van der Waals surface area (Å²) in [4.78, 5) is 29.1. The Hall–Kier alpha value is -1.16. The van der Waals surface area contributed by atoms with Crippen molar-refractivity contribution < 1.29 is 14.7 Å². The molecule has 5 fully saturated rings. The number of fused-ring (bicyclic) bond motifs is 1. The third-order valence-corrected chi connectivity index (χ3v) is 10.1. The van der Waals surface area contributed by atoms with Crippen LogP contribution in [0.5, 0.6) is 0 Å². The first-order chi connectivity index (χ1) is 12.4. The third kappa shape index (κ3) is 1.35. The van der Waals surface area contributed by atoms with Crippen LogP contribution in [-0.4, -0.2) is 40.4 Å². The number of aliphatic carboxylic acids is 1. The number of hydrogen-bond donors (Lipinski definition) is 1. The quantitative estimate of drug-likeness (QED) is 0.734. The summed E-state index contributed by atoms with van der Waals surface area (Å²) in [5.74, 6) is 0.494. The molecule has 0 amide bonds. The molecule has 0 aromatic rings. The van der Waals surface area contributed by atoms with Gasteiger partial charge in [-0.1, -0.05) is 25.0 Å². The SMILES string of the molecule is C[C@@H]1CN2C[C@H]3CCC4=C5[C@H](CC4)[C@H](C(=O)O)C[C@@]54C(=O)[C@@]12CC[C@@]34C. The standard InChI is InChI=1S/C22H29NO3/c1-12-10-23-11-14-5-3-13-4-6-15-16(18(24)25)9-21(17(13)15)19(26)22(12,23)8-7-20(14,21)2/h12,14-16H,3-11H2,1-2H3,(H,24,25)/t12-,14-,15-,16-,20+,21+,22-/m1/s1. The average molecular weight is 355 g/mol. The molecule has 7 aliphatic rings. The summed E-state index contributed by atoms with van der Waals surface area (Å²) in [6.45, 7) is 6.72. The number of Topliss-reactive ketones (excluding diaryl/α,β-unsaturated/α-hetero) is 1. The molecule has 4 aliphatic carbocycles. The molecule has 4 nitrogen and oxygen atoms in total. The minimum absolute atomic E-state index is 0.0454. The lowest BCUT2D eigenvalue weighted by atomic mass is 9.45. The number of allylic oxidation sites excluding steroid dienone is 2. The summed E-state index contributed by atoms with van der Waals surface area (Å²) < 4.78 is 0. The van der Waals surface area contributed by atoms with Crippen molar-refractivity contribution in [1.29, 1.82) is 0 Å². The van der Waals surface area contributed by atoms with Crippen molar-refractivity contribution in [2.75, 3.05) is 13.1 Å². The highest BCUT2D eigenvalue weighted by molar-refractivity contribution is 6.01. The molecule has 0 aromatic carbocycles. The largest absolute Gasteiger partial charge is 0.481 e. The molecule has 0 aromatic heterocycles. The van der Waals surface area contributed by atoms with Crippen LogP contribution in [0.3, 0.4) is 0 Å². The van der Waals surface area contributed by atoms with E-state index in [0.717, 1.165) is 45.2 Å². The summed E-state index contributed by atoms with van der Waals surface area (Å²) in [6, 6.07) is 0. The van der Waals surface area contributed by atoms with E-state index in [2.05, 4.69) is 18.7 Å². The molecule has 4 bridgehead atoms. The predicted octanol–water partition coefficient (Wildman–Crippen LogP) is 3.27. The fourth-order valence-corrected chi connectivity index (χ4v) is 8.79. The van der Waals surface area contributed by atoms with Crippen molar-refractivity contribution in [2.45, 2.75) is 64.3 Å². The molecule has 1 N–H and O–H groups in total. The molecule has 3 saturated heterocycles. The highest BCUT2D eigenvalue weighted by Crippen LogP contribution is 2.75. The number of carbonyl (C=O) groups is 2. The smallest absolute Gasteiger partial charge is 0.307 e. The molecule has 2 saturated carbocycles. The first-order valence-electron chi connectivity index (χ1n) is 10.6. The lowest BCUT2D eigenvalue weighted by molar-refractivity contribution is -0.169. The zero-order chi connectivity index (χ0) is 18.1. The third-order valence-electron chi connectivity index (χ3n) is 10.1. The molecule has 7 atom stereocenters. The lowest BCUT2D eigenvalue weighted by Crippen LogP contribution is -2.74. The molecule has 2 spiro atoms. The van der Waals surface area contributed by atoms with Crippen molar-refractivity contribution in [3.05, 3.63) is 11.1 Å². The van der Waals surface area contributed by atoms with Gasteiger partial charge in [-0.25, -0.2) is 0 Å². The summed E-state index contributed by atoms with van der Waals surface area (Å²) in [5, 5.41) is 9.99. The average Bonchev–Trinajstić information content (AvgIpc) is 3.09. The number of rotatable bonds is 1. The highest BCUT2D eigenvalue weighted by Gasteiger charge is 2.77. The van der Waals surface area contributed by atoms with Crippen LogP contribution in [0.25, 0.3) is 0 Å². The van der Waals surface area contributed by atoms with Gasteiger partial charge in [-0.05, 0) is 68.1 Å². The van der Waals surface area contributed by atoms with E-state index in [1.807, 2.05) is 0 Å². The van der Waals surface area contributed by atoms with Gasteiger partial charge in [0.25, 0.3) is 0 Å². The zero-order valence-corrected chi connectivity index (χ0v) is 15.9. The molecule has 7 rings (SSSR count). The van der Waals surface area contributed by atoms with Crippen LogP contribution in [-0.2, 0) is 9.59 Å². The summed E-state index contributed by atoms with van der Waals surface area (Å²) in [6.07, 6.45) is 6.96. The van der Waals surface area contributed by atoms with E-state index >= 15 is 0 Å². The fourth-order valence-electron chi connectivity index (χ4n) is 8.79. The van der Waals surface area contributed by atoms with Crippen LogP contribution in [0, 0.1) is 34.5 Å². The van der Waals surface area contributed by atoms with Gasteiger partial charge in [0.05, 0.1) is 16.9 Å². The van der Waals surface area contributed by atoms with Crippen molar-refractivity contribution in [3.8, 4) is 0 Å². The Labute approximate surface area is 155 Å². The minimum atomic E-state index is -0.671. The Balaban J connectivity index is 1.65. The van der Waals surface area contributed by atoms with E-state index in [-0.39, 0.29) is 22.8 Å². The fraction of sp³-hybridized carbons (Fsp3) is 0.818. The Morgan fingerprint density at radius 1 is 1.19 bits per heavy atom. The molecule has 3 aliphatic heterocycles. The molecule has 4 heteroatoms. The second-order valence-electron chi connectivity index (χ2n) is 10.4. The van der Waals surface area contributed by atoms with Crippen LogP contribution >= 0.6 is 0 Å². The van der Waals surface area contributed by atoms with Crippen molar-refractivity contribution in [2.24, 2.45) is 34.5 Å². The predicted molar refractivity (Wildman–Crippen MR) is 96.5 cm³/mol. The molecule has 26 heavy (non-hydrogen) atoms. The maximum absolute atomic E-state index is 14.4. The molecule has 0 radical (unpaired) electrons. The van der Waals surface area contributed by atoms with E-state index in [0.29, 0.717) is 24.0 Å². The van der Waals surface area contributed by atoms with Gasteiger partial charge in [-0.3, -0.25) is 14.5 Å². The van der Waals surface area contributed by atoms with Crippen molar-refractivity contribution in [1.82, 2.24) is 4.90 Å². The first-order valence-corrected chi connectivity index (χ1v) is 10.6. The Morgan fingerprint density at radius 2 is 1.96 bits per heavy atom. The summed E-state index contributed by atoms with van der Waals surface area (Å²) in [7, 11) is 0. The number of carboxylic acids is 1. The second kappa shape index (κ2) is 4.45. The zero-order valence-electron chi connectivity index (χ0n) is 15.9. The summed E-state index contributed by atoms with van der Waals surface area (Å²) >= 11 is 0. The number of nitrogens with zero attached hydrogens (tertiary/aromatic N) is 1. The van der Waals surface area contributed by atoms with Gasteiger partial charge in [-0.15, -0.1) is 0 Å². The Kier molecular flexibility index (Phi) is 2.72. The summed E-state index contributed by atoms with van der Waals surface area (Å²) in [5.41, 5.74) is 2.02. The van der Waals surface area contributed by atoms with E-state index in [1.54, 1.807) is 0 Å². The van der Waals surface area contributed by atoms with Crippen molar-refractivity contribution in [3.63, 3.8) is 0 Å². The molecular weight excluding hydrogens is 326 g/mol. The van der Waals surface area contributed by atoms with Gasteiger partial charge >= 0.3 is 5.97 Å². The molecule has 0 unspecified atom stereocenters. The molecule has 140 valence electrons. The van der Waals surface area contributed by atoms with Gasteiger partial charge in [0.15, 0.2) is 5.78 Å². The van der Waals surface area contributed by atoms with E-state index in [4.69, 9.17) is 0 Å². The number of carboxylic acid groups (broad SMARTS) is 1. The second-order valence-corrected chi connectivity index (χ2v) is 10.4. The topological polar surface area (TPSA) is 57.6 Å². The molecule has 3 heterocycles. The van der Waals surface area contributed by atoms with Gasteiger partial charge < -0.3 is 5.11 Å². The monoisotopic (exact) mass is 355 g/mol. The minimum Gasteiger partial charge on any atom is -0.481 e. The first kappa shape index (κ1) is 15.9. The number of carbonyl (C=O) groups excluding carboxylic acids is 1. The Bertz CT molecular complexity index is 786. The lowest BCUT2D eigenvalue weighted by Gasteiger charge is -2.62. The van der Waals surface area contributed by atoms with Gasteiger partial charge in [-0.2, -0.15) is 0 Å². The van der Waals surface area contributed by atoms with Gasteiger partial charge in [0, 0.05) is 13.1 Å². The molecular formula is C22H29NO3. The number of ketones is 1. The van der Waals surface area contributed by atoms with E-state index < -0.39 is 11.4 Å². The van der Waals surface area contributed by atoms with Crippen LogP contribution in [0.1, 0.15) is 58.8 Å². The van der Waals surface area contributed by atoms with Gasteiger partial charge in [0.1, 0.15) is 0 Å².